The normalized spacial score (nSPS) is 12.0. The number of methoxy groups -OCH3 is 1. The standard InChI is InChI=1S/C31H41N5O2Si/c1-22-16-25(18-26(17-22)37-6)36(14-9-15-38-39(7,8)31(2,3)4)24-11-12-27-28(19-24)35-29(21-33-27)23-10-13-30(32-5)34-20-23/h10-13,16-21H,9,14-15H2,1-8H3,(H,32,34). The van der Waals surface area contributed by atoms with Crippen molar-refractivity contribution in [3.63, 3.8) is 0 Å². The largest absolute Gasteiger partial charge is 0.497 e. The first-order valence-electron chi connectivity index (χ1n) is 13.5. The van der Waals surface area contributed by atoms with E-state index in [1.54, 1.807) is 13.3 Å². The molecule has 0 aliphatic heterocycles. The third-order valence-corrected chi connectivity index (χ3v) is 12.1. The molecule has 2 heterocycles. The first-order chi connectivity index (χ1) is 18.5. The Morgan fingerprint density at radius 1 is 0.923 bits per heavy atom. The van der Waals surface area contributed by atoms with Crippen LogP contribution < -0.4 is 15.0 Å². The molecule has 4 aromatic rings. The van der Waals surface area contributed by atoms with Crippen molar-refractivity contribution in [1.29, 1.82) is 0 Å². The van der Waals surface area contributed by atoms with Crippen LogP contribution in [0.2, 0.25) is 18.1 Å². The maximum atomic E-state index is 6.49. The van der Waals surface area contributed by atoms with E-state index in [1.807, 2.05) is 37.5 Å². The van der Waals surface area contributed by atoms with Crippen LogP contribution in [-0.4, -0.2) is 50.6 Å². The van der Waals surface area contributed by atoms with Crippen molar-refractivity contribution in [3.05, 3.63) is 66.5 Å². The summed E-state index contributed by atoms with van der Waals surface area (Å²) in [5, 5.41) is 3.24. The Hall–Kier alpha value is -3.49. The van der Waals surface area contributed by atoms with Crippen molar-refractivity contribution in [2.45, 2.75) is 52.2 Å². The highest BCUT2D eigenvalue weighted by atomic mass is 28.4. The molecule has 0 saturated carbocycles. The zero-order valence-electron chi connectivity index (χ0n) is 24.5. The van der Waals surface area contributed by atoms with Crippen molar-refractivity contribution in [2.24, 2.45) is 0 Å². The molecular formula is C31H41N5O2Si. The molecule has 0 atom stereocenters. The second-order valence-corrected chi connectivity index (χ2v) is 16.2. The lowest BCUT2D eigenvalue weighted by atomic mass is 10.1. The molecule has 8 heteroatoms. The van der Waals surface area contributed by atoms with Crippen molar-refractivity contribution < 1.29 is 9.16 Å². The van der Waals surface area contributed by atoms with E-state index in [-0.39, 0.29) is 5.04 Å². The second kappa shape index (κ2) is 11.7. The van der Waals surface area contributed by atoms with Gasteiger partial charge in [0.2, 0.25) is 0 Å². The fraction of sp³-hybridized carbons (Fsp3) is 0.387. The Balaban J connectivity index is 1.66. The van der Waals surface area contributed by atoms with Crippen LogP contribution in [0, 0.1) is 6.92 Å². The molecular weight excluding hydrogens is 502 g/mol. The van der Waals surface area contributed by atoms with Gasteiger partial charge >= 0.3 is 0 Å². The summed E-state index contributed by atoms with van der Waals surface area (Å²) in [4.78, 5) is 16.4. The van der Waals surface area contributed by atoms with Gasteiger partial charge in [0.1, 0.15) is 11.6 Å². The summed E-state index contributed by atoms with van der Waals surface area (Å²) in [5.74, 6) is 1.66. The van der Waals surface area contributed by atoms with E-state index >= 15 is 0 Å². The van der Waals surface area contributed by atoms with Crippen molar-refractivity contribution in [3.8, 4) is 17.0 Å². The number of hydrogen-bond donors (Lipinski definition) is 1. The molecule has 2 aromatic carbocycles. The molecule has 2 aromatic heterocycles. The van der Waals surface area contributed by atoms with Gasteiger partial charge in [0.15, 0.2) is 8.32 Å². The Morgan fingerprint density at radius 2 is 1.72 bits per heavy atom. The van der Waals surface area contributed by atoms with Crippen LogP contribution in [0.3, 0.4) is 0 Å². The molecule has 0 aliphatic carbocycles. The molecule has 0 spiro atoms. The zero-order valence-corrected chi connectivity index (χ0v) is 25.5. The number of fused-ring (bicyclic) bond motifs is 1. The topological polar surface area (TPSA) is 72.4 Å². The summed E-state index contributed by atoms with van der Waals surface area (Å²) in [7, 11) is 1.76. The molecule has 0 radical (unpaired) electrons. The summed E-state index contributed by atoms with van der Waals surface area (Å²) in [6, 6.07) is 16.5. The lowest BCUT2D eigenvalue weighted by molar-refractivity contribution is 0.284. The van der Waals surface area contributed by atoms with E-state index in [0.29, 0.717) is 0 Å². The minimum atomic E-state index is -1.81. The highest BCUT2D eigenvalue weighted by Gasteiger charge is 2.36. The minimum absolute atomic E-state index is 0.189. The Labute approximate surface area is 233 Å². The summed E-state index contributed by atoms with van der Waals surface area (Å²) < 4.78 is 12.1. The fourth-order valence-electron chi connectivity index (χ4n) is 4.18. The molecule has 206 valence electrons. The SMILES string of the molecule is CNc1ccc(-c2cnc3ccc(N(CCCO[Si](C)(C)C(C)(C)C)c4cc(C)cc(OC)c4)cc3n2)cn1. The second-order valence-electron chi connectivity index (χ2n) is 11.4. The van der Waals surface area contributed by atoms with E-state index in [1.165, 1.54) is 0 Å². The molecule has 0 amide bonds. The summed E-state index contributed by atoms with van der Waals surface area (Å²) in [6.07, 6.45) is 4.52. The molecule has 1 N–H and O–H groups in total. The predicted molar refractivity (Wildman–Crippen MR) is 165 cm³/mol. The predicted octanol–water partition coefficient (Wildman–Crippen LogP) is 7.60. The maximum Gasteiger partial charge on any atom is 0.191 e. The molecule has 7 nitrogen and oxygen atoms in total. The molecule has 0 saturated heterocycles. The first kappa shape index (κ1) is 28.5. The van der Waals surface area contributed by atoms with Crippen LogP contribution in [0.1, 0.15) is 32.8 Å². The van der Waals surface area contributed by atoms with Gasteiger partial charge in [-0.1, -0.05) is 20.8 Å². The number of aromatic nitrogens is 3. The Morgan fingerprint density at radius 3 is 2.38 bits per heavy atom. The average Bonchev–Trinajstić information content (AvgIpc) is 2.91. The van der Waals surface area contributed by atoms with Gasteiger partial charge in [0.05, 0.1) is 30.0 Å². The van der Waals surface area contributed by atoms with E-state index in [0.717, 1.165) is 70.4 Å². The van der Waals surface area contributed by atoms with Crippen molar-refractivity contribution in [2.75, 3.05) is 37.5 Å². The molecule has 0 aliphatic rings. The highest BCUT2D eigenvalue weighted by Crippen LogP contribution is 2.37. The van der Waals surface area contributed by atoms with Crippen LogP contribution >= 0.6 is 0 Å². The zero-order chi connectivity index (χ0) is 28.2. The van der Waals surface area contributed by atoms with Gasteiger partial charge in [-0.25, -0.2) is 9.97 Å². The minimum Gasteiger partial charge on any atom is -0.497 e. The van der Waals surface area contributed by atoms with Gasteiger partial charge in [-0.3, -0.25) is 4.98 Å². The smallest absolute Gasteiger partial charge is 0.191 e. The van der Waals surface area contributed by atoms with Crippen molar-refractivity contribution >= 4 is 36.5 Å². The Bertz CT molecular complexity index is 1420. The summed E-state index contributed by atoms with van der Waals surface area (Å²) in [6.45, 7) is 15.1. The highest BCUT2D eigenvalue weighted by molar-refractivity contribution is 6.74. The quantitative estimate of drug-likeness (QED) is 0.163. The number of ether oxygens (including phenoxy) is 1. The number of nitrogens with zero attached hydrogens (tertiary/aromatic N) is 4. The van der Waals surface area contributed by atoms with E-state index in [4.69, 9.17) is 14.1 Å². The number of rotatable bonds is 10. The molecule has 4 rings (SSSR count). The lowest BCUT2D eigenvalue weighted by Crippen LogP contribution is -2.41. The maximum absolute atomic E-state index is 6.49. The monoisotopic (exact) mass is 543 g/mol. The van der Waals surface area contributed by atoms with Crippen LogP contribution in [0.15, 0.2) is 60.9 Å². The molecule has 39 heavy (non-hydrogen) atoms. The van der Waals surface area contributed by atoms with Crippen LogP contribution in [0.4, 0.5) is 17.2 Å². The number of hydrogen-bond acceptors (Lipinski definition) is 7. The van der Waals surface area contributed by atoms with Gasteiger partial charge in [0.25, 0.3) is 0 Å². The van der Waals surface area contributed by atoms with Crippen LogP contribution in [0.25, 0.3) is 22.3 Å². The van der Waals surface area contributed by atoms with Gasteiger partial charge in [-0.05, 0) is 79.5 Å². The van der Waals surface area contributed by atoms with Crippen LogP contribution in [0.5, 0.6) is 5.75 Å². The summed E-state index contributed by atoms with van der Waals surface area (Å²) >= 11 is 0. The molecule has 0 fully saturated rings. The number of aryl methyl sites for hydroxylation is 1. The molecule has 0 bridgehead atoms. The number of nitrogens with one attached hydrogen (secondary N) is 1. The number of benzene rings is 2. The third kappa shape index (κ3) is 6.75. The first-order valence-corrected chi connectivity index (χ1v) is 16.4. The number of pyridine rings is 1. The lowest BCUT2D eigenvalue weighted by Gasteiger charge is -2.36. The summed E-state index contributed by atoms with van der Waals surface area (Å²) in [5.41, 5.74) is 6.69. The average molecular weight is 544 g/mol. The van der Waals surface area contributed by atoms with E-state index < -0.39 is 8.32 Å². The van der Waals surface area contributed by atoms with Gasteiger partial charge < -0.3 is 19.4 Å². The van der Waals surface area contributed by atoms with Gasteiger partial charge in [-0.15, -0.1) is 0 Å². The van der Waals surface area contributed by atoms with Gasteiger partial charge in [-0.2, -0.15) is 0 Å². The van der Waals surface area contributed by atoms with Gasteiger partial charge in [0, 0.05) is 49.4 Å². The van der Waals surface area contributed by atoms with E-state index in [9.17, 15) is 0 Å². The number of anilines is 3. The van der Waals surface area contributed by atoms with E-state index in [2.05, 4.69) is 85.2 Å². The Kier molecular flexibility index (Phi) is 8.56. The molecule has 0 unspecified atom stereocenters. The third-order valence-electron chi connectivity index (χ3n) is 7.53. The fourth-order valence-corrected chi connectivity index (χ4v) is 5.26. The van der Waals surface area contributed by atoms with Crippen LogP contribution in [-0.2, 0) is 4.43 Å². The van der Waals surface area contributed by atoms with Crippen molar-refractivity contribution in [1.82, 2.24) is 15.0 Å².